The fourth-order valence-electron chi connectivity index (χ4n) is 4.32. The predicted octanol–water partition coefficient (Wildman–Crippen LogP) is 4.12. The maximum Gasteiger partial charge on any atom is 0.270 e. The third-order valence-electron chi connectivity index (χ3n) is 6.42. The fourth-order valence-corrected chi connectivity index (χ4v) is 4.32. The molecule has 168 valence electrons. The first-order valence-electron chi connectivity index (χ1n) is 10.9. The lowest BCUT2D eigenvalue weighted by Gasteiger charge is -2.34. The number of ether oxygens (including phenoxy) is 1. The van der Waals surface area contributed by atoms with Crippen molar-refractivity contribution in [1.82, 2.24) is 15.2 Å². The summed E-state index contributed by atoms with van der Waals surface area (Å²) < 4.78 is 19.0. The summed E-state index contributed by atoms with van der Waals surface area (Å²) in [4.78, 5) is 30.6. The van der Waals surface area contributed by atoms with Crippen LogP contribution in [-0.2, 0) is 11.3 Å². The summed E-state index contributed by atoms with van der Waals surface area (Å²) >= 11 is 0. The Kier molecular flexibility index (Phi) is 6.44. The van der Waals surface area contributed by atoms with E-state index in [1.165, 1.54) is 6.07 Å². The van der Waals surface area contributed by atoms with E-state index in [-0.39, 0.29) is 36.0 Å². The molecule has 1 aliphatic heterocycles. The van der Waals surface area contributed by atoms with Gasteiger partial charge < -0.3 is 19.9 Å². The molecule has 2 amide bonds. The minimum absolute atomic E-state index is 0.0322. The maximum atomic E-state index is 13.8. The highest BCUT2D eigenvalue weighted by atomic mass is 19.1. The Hall–Kier alpha value is -3.35. The van der Waals surface area contributed by atoms with E-state index < -0.39 is 0 Å². The maximum absolute atomic E-state index is 13.8. The van der Waals surface area contributed by atoms with Gasteiger partial charge in [-0.05, 0) is 43.0 Å². The Labute approximate surface area is 186 Å². The van der Waals surface area contributed by atoms with Crippen LogP contribution in [0, 0.1) is 17.7 Å². The van der Waals surface area contributed by atoms with Crippen LogP contribution in [0.2, 0.25) is 0 Å². The predicted molar refractivity (Wildman–Crippen MR) is 121 cm³/mol. The van der Waals surface area contributed by atoms with E-state index in [9.17, 15) is 14.0 Å². The summed E-state index contributed by atoms with van der Waals surface area (Å²) in [6.45, 7) is 3.29. The molecular formula is C25H28FN3O3. The third-order valence-corrected chi connectivity index (χ3v) is 6.42. The van der Waals surface area contributed by atoms with Gasteiger partial charge in [0.1, 0.15) is 17.3 Å². The first kappa shape index (κ1) is 21.9. The van der Waals surface area contributed by atoms with Gasteiger partial charge in [-0.25, -0.2) is 4.39 Å². The van der Waals surface area contributed by atoms with Crippen molar-refractivity contribution in [2.75, 3.05) is 20.2 Å². The van der Waals surface area contributed by atoms with Gasteiger partial charge in [0.2, 0.25) is 5.91 Å². The Morgan fingerprint density at radius 2 is 1.94 bits per heavy atom. The molecule has 1 aromatic heterocycles. The lowest BCUT2D eigenvalue weighted by molar-refractivity contribution is -0.126. The Morgan fingerprint density at radius 1 is 1.19 bits per heavy atom. The highest BCUT2D eigenvalue weighted by Crippen LogP contribution is 2.27. The molecule has 7 heteroatoms. The molecule has 2 heterocycles. The number of hydrogen-bond acceptors (Lipinski definition) is 3. The second kappa shape index (κ2) is 9.42. The molecule has 2 N–H and O–H groups in total. The number of benzene rings is 2. The van der Waals surface area contributed by atoms with Gasteiger partial charge in [-0.2, -0.15) is 0 Å². The number of halogens is 1. The normalized spacial score (nSPS) is 15.5. The molecule has 0 unspecified atom stereocenters. The number of aromatic nitrogens is 1. The molecule has 1 fully saturated rings. The number of methoxy groups -OCH3 is 1. The summed E-state index contributed by atoms with van der Waals surface area (Å²) in [6, 6.07) is 14.0. The minimum atomic E-state index is -0.317. The van der Waals surface area contributed by atoms with Crippen LogP contribution in [0.5, 0.6) is 5.75 Å². The summed E-state index contributed by atoms with van der Waals surface area (Å²) in [7, 11) is 1.61. The largest absolute Gasteiger partial charge is 0.497 e. The number of piperidine rings is 1. The third kappa shape index (κ3) is 4.61. The molecule has 0 spiro atoms. The highest BCUT2D eigenvalue weighted by molar-refractivity contribution is 5.98. The van der Waals surface area contributed by atoms with Crippen LogP contribution in [0.1, 0.15) is 35.8 Å². The van der Waals surface area contributed by atoms with Crippen LogP contribution < -0.4 is 10.1 Å². The van der Waals surface area contributed by atoms with E-state index in [0.29, 0.717) is 24.3 Å². The highest BCUT2D eigenvalue weighted by Gasteiger charge is 2.30. The molecule has 6 nitrogen and oxygen atoms in total. The van der Waals surface area contributed by atoms with Crippen LogP contribution in [0.4, 0.5) is 4.39 Å². The zero-order chi connectivity index (χ0) is 22.7. The van der Waals surface area contributed by atoms with E-state index in [1.54, 1.807) is 25.3 Å². The molecule has 1 saturated heterocycles. The number of carbonyl (C=O) groups is 2. The molecule has 3 aromatic rings. The molecule has 32 heavy (non-hydrogen) atoms. The fraction of sp³-hybridized carbons (Fsp3) is 0.360. The lowest BCUT2D eigenvalue weighted by Crippen LogP contribution is -2.42. The van der Waals surface area contributed by atoms with Gasteiger partial charge in [0.25, 0.3) is 5.91 Å². The number of carbonyl (C=O) groups excluding carboxylic acids is 2. The van der Waals surface area contributed by atoms with Crippen molar-refractivity contribution in [3.05, 3.63) is 65.6 Å². The van der Waals surface area contributed by atoms with Crippen LogP contribution >= 0.6 is 0 Å². The van der Waals surface area contributed by atoms with E-state index in [1.807, 2.05) is 36.1 Å². The summed E-state index contributed by atoms with van der Waals surface area (Å²) in [5, 5.41) is 3.81. The average molecular weight is 438 g/mol. The van der Waals surface area contributed by atoms with Crippen molar-refractivity contribution in [1.29, 1.82) is 0 Å². The molecule has 1 atom stereocenters. The van der Waals surface area contributed by atoms with Crippen molar-refractivity contribution >= 4 is 22.7 Å². The topological polar surface area (TPSA) is 74.4 Å². The summed E-state index contributed by atoms with van der Waals surface area (Å²) in [5.74, 6) is 0.299. The zero-order valence-corrected chi connectivity index (χ0v) is 18.4. The van der Waals surface area contributed by atoms with Gasteiger partial charge in [0.05, 0.1) is 7.11 Å². The van der Waals surface area contributed by atoms with E-state index in [0.717, 1.165) is 29.5 Å². The molecule has 2 aromatic carbocycles. The Bertz CT molecular complexity index is 1120. The monoisotopic (exact) mass is 437 g/mol. The smallest absolute Gasteiger partial charge is 0.270 e. The number of rotatable bonds is 6. The van der Waals surface area contributed by atoms with E-state index in [2.05, 4.69) is 10.3 Å². The molecule has 0 bridgehead atoms. The molecule has 1 aliphatic rings. The second-order valence-corrected chi connectivity index (χ2v) is 8.36. The minimum Gasteiger partial charge on any atom is -0.497 e. The molecule has 0 aliphatic carbocycles. The summed E-state index contributed by atoms with van der Waals surface area (Å²) in [5.41, 5.74) is 1.90. The van der Waals surface area contributed by atoms with Gasteiger partial charge in [-0.3, -0.25) is 9.59 Å². The zero-order valence-electron chi connectivity index (χ0n) is 18.4. The number of amides is 2. The number of nitrogens with zero attached hydrogens (tertiary/aromatic N) is 1. The van der Waals surface area contributed by atoms with Crippen molar-refractivity contribution in [3.8, 4) is 5.75 Å². The first-order valence-corrected chi connectivity index (χ1v) is 10.9. The van der Waals surface area contributed by atoms with Crippen molar-refractivity contribution in [2.45, 2.75) is 26.3 Å². The van der Waals surface area contributed by atoms with Gasteiger partial charge in [0, 0.05) is 48.1 Å². The van der Waals surface area contributed by atoms with Crippen molar-refractivity contribution in [2.24, 2.45) is 11.8 Å². The number of nitrogens with one attached hydrogen (secondary N) is 2. The lowest BCUT2D eigenvalue weighted by atomic mass is 9.84. The Morgan fingerprint density at radius 3 is 2.66 bits per heavy atom. The molecule has 4 rings (SSSR count). The number of hydrogen-bond donors (Lipinski definition) is 2. The number of fused-ring (bicyclic) bond motifs is 1. The van der Waals surface area contributed by atoms with Crippen molar-refractivity contribution < 1.29 is 18.7 Å². The van der Waals surface area contributed by atoms with E-state index >= 15 is 0 Å². The average Bonchev–Trinajstić information content (AvgIpc) is 3.26. The van der Waals surface area contributed by atoms with Gasteiger partial charge >= 0.3 is 0 Å². The van der Waals surface area contributed by atoms with Gasteiger partial charge in [-0.1, -0.05) is 25.1 Å². The molecular weight excluding hydrogens is 409 g/mol. The quantitative estimate of drug-likeness (QED) is 0.609. The van der Waals surface area contributed by atoms with Gasteiger partial charge in [0.15, 0.2) is 0 Å². The first-order chi connectivity index (χ1) is 15.5. The summed E-state index contributed by atoms with van der Waals surface area (Å²) in [6.07, 6.45) is 1.52. The van der Waals surface area contributed by atoms with Crippen LogP contribution in [-0.4, -0.2) is 41.9 Å². The SMILES string of the molecule is COc1ccc2cc(C(=O)N3CCC([C@@H](C)C(=O)NCc4ccccc4F)CC3)[nH]c2c1. The number of likely N-dealkylation sites (tertiary alicyclic amines) is 1. The molecule has 0 radical (unpaired) electrons. The van der Waals surface area contributed by atoms with Crippen molar-refractivity contribution in [3.63, 3.8) is 0 Å². The number of aromatic amines is 1. The van der Waals surface area contributed by atoms with Crippen LogP contribution in [0.15, 0.2) is 48.5 Å². The van der Waals surface area contributed by atoms with Crippen LogP contribution in [0.3, 0.4) is 0 Å². The number of H-pyrrole nitrogens is 1. The second-order valence-electron chi connectivity index (χ2n) is 8.36. The standard InChI is InChI=1S/C25H28FN3O3/c1-16(24(30)27-15-19-5-3-4-6-21(19)26)17-9-11-29(12-10-17)25(31)23-13-18-7-8-20(32-2)14-22(18)28-23/h3-8,13-14,16-17,28H,9-12,15H2,1-2H3,(H,27,30)/t16-/m1/s1. The van der Waals surface area contributed by atoms with Crippen LogP contribution in [0.25, 0.3) is 10.9 Å². The van der Waals surface area contributed by atoms with Gasteiger partial charge in [-0.15, -0.1) is 0 Å². The van der Waals surface area contributed by atoms with E-state index in [4.69, 9.17) is 4.74 Å². The molecule has 0 saturated carbocycles. The Balaban J connectivity index is 1.31.